The molecule has 0 bridgehead atoms. The van der Waals surface area contributed by atoms with E-state index in [0.717, 1.165) is 11.3 Å². The average molecular weight is 231 g/mol. The number of hydrogen-bond donors (Lipinski definition) is 2. The predicted molar refractivity (Wildman–Crippen MR) is 65.3 cm³/mol. The van der Waals surface area contributed by atoms with Gasteiger partial charge in [0, 0.05) is 25.3 Å². The van der Waals surface area contributed by atoms with Crippen LogP contribution in [-0.2, 0) is 0 Å². The van der Waals surface area contributed by atoms with E-state index in [-0.39, 0.29) is 5.69 Å². The second-order valence-corrected chi connectivity index (χ2v) is 3.87. The van der Waals surface area contributed by atoms with Gasteiger partial charge in [-0.05, 0) is 12.1 Å². The standard InChI is InChI=1S/C12H13N3O2/c1-15(2)9-5-3-8(4-6-9)10-11(12(16)17)14-7-13-10/h3-7H,1-2H3,(H,13,14)(H,16,17). The fourth-order valence-electron chi connectivity index (χ4n) is 1.59. The quantitative estimate of drug-likeness (QED) is 0.845. The first-order valence-corrected chi connectivity index (χ1v) is 5.14. The number of aromatic nitrogens is 2. The Morgan fingerprint density at radius 3 is 2.47 bits per heavy atom. The molecule has 88 valence electrons. The number of aromatic carboxylic acids is 1. The Bertz CT molecular complexity index is 529. The molecule has 0 unspecified atom stereocenters. The maximum Gasteiger partial charge on any atom is 0.354 e. The molecular weight excluding hydrogens is 218 g/mol. The largest absolute Gasteiger partial charge is 0.477 e. The maximum atomic E-state index is 11.0. The van der Waals surface area contributed by atoms with Gasteiger partial charge in [0.1, 0.15) is 5.69 Å². The van der Waals surface area contributed by atoms with Crippen molar-refractivity contribution in [2.45, 2.75) is 0 Å². The minimum absolute atomic E-state index is 0.114. The molecule has 2 N–H and O–H groups in total. The van der Waals surface area contributed by atoms with Crippen LogP contribution in [0.4, 0.5) is 5.69 Å². The van der Waals surface area contributed by atoms with E-state index in [0.29, 0.717) is 5.69 Å². The number of H-pyrrole nitrogens is 1. The molecule has 0 aliphatic heterocycles. The minimum Gasteiger partial charge on any atom is -0.477 e. The number of carboxylic acid groups (broad SMARTS) is 1. The Morgan fingerprint density at radius 2 is 1.94 bits per heavy atom. The third-order valence-electron chi connectivity index (χ3n) is 2.51. The number of hydrogen-bond acceptors (Lipinski definition) is 3. The molecule has 2 aromatic rings. The lowest BCUT2D eigenvalue weighted by atomic mass is 10.1. The number of rotatable bonds is 3. The molecule has 0 saturated heterocycles. The van der Waals surface area contributed by atoms with E-state index < -0.39 is 5.97 Å². The van der Waals surface area contributed by atoms with Crippen LogP contribution in [0.5, 0.6) is 0 Å². The Labute approximate surface area is 98.7 Å². The lowest BCUT2D eigenvalue weighted by Crippen LogP contribution is -2.08. The lowest BCUT2D eigenvalue weighted by Gasteiger charge is -2.12. The highest BCUT2D eigenvalue weighted by molar-refractivity contribution is 5.92. The summed E-state index contributed by atoms with van der Waals surface area (Å²) < 4.78 is 0. The van der Waals surface area contributed by atoms with Crippen molar-refractivity contribution < 1.29 is 9.90 Å². The molecule has 0 fully saturated rings. The van der Waals surface area contributed by atoms with Crippen LogP contribution >= 0.6 is 0 Å². The number of nitrogens with zero attached hydrogens (tertiary/aromatic N) is 2. The van der Waals surface area contributed by atoms with Crippen LogP contribution in [0.15, 0.2) is 30.6 Å². The highest BCUT2D eigenvalue weighted by Gasteiger charge is 2.14. The second kappa shape index (κ2) is 4.29. The number of aromatic amines is 1. The molecule has 17 heavy (non-hydrogen) atoms. The predicted octanol–water partition coefficient (Wildman–Crippen LogP) is 1.84. The molecule has 0 aliphatic rings. The van der Waals surface area contributed by atoms with Crippen LogP contribution in [0.1, 0.15) is 10.5 Å². The van der Waals surface area contributed by atoms with Gasteiger partial charge in [-0.2, -0.15) is 0 Å². The van der Waals surface area contributed by atoms with E-state index in [4.69, 9.17) is 5.11 Å². The van der Waals surface area contributed by atoms with E-state index in [1.54, 1.807) is 0 Å². The summed E-state index contributed by atoms with van der Waals surface area (Å²) in [7, 11) is 3.90. The van der Waals surface area contributed by atoms with E-state index in [1.165, 1.54) is 6.33 Å². The van der Waals surface area contributed by atoms with E-state index in [1.807, 2.05) is 43.3 Å². The highest BCUT2D eigenvalue weighted by atomic mass is 16.4. The fourth-order valence-corrected chi connectivity index (χ4v) is 1.59. The van der Waals surface area contributed by atoms with Gasteiger partial charge in [0.15, 0.2) is 5.69 Å². The van der Waals surface area contributed by atoms with Crippen molar-refractivity contribution in [3.05, 3.63) is 36.3 Å². The van der Waals surface area contributed by atoms with Crippen molar-refractivity contribution in [1.82, 2.24) is 9.97 Å². The summed E-state index contributed by atoms with van der Waals surface area (Å²) in [6.07, 6.45) is 1.39. The van der Waals surface area contributed by atoms with Gasteiger partial charge in [0.25, 0.3) is 0 Å². The van der Waals surface area contributed by atoms with Gasteiger partial charge >= 0.3 is 5.97 Å². The van der Waals surface area contributed by atoms with Crippen LogP contribution in [0, 0.1) is 0 Å². The summed E-state index contributed by atoms with van der Waals surface area (Å²) in [4.78, 5) is 19.6. The first-order valence-electron chi connectivity index (χ1n) is 5.14. The van der Waals surface area contributed by atoms with Gasteiger partial charge < -0.3 is 15.0 Å². The number of carboxylic acids is 1. The zero-order chi connectivity index (χ0) is 12.4. The van der Waals surface area contributed by atoms with Crippen molar-refractivity contribution >= 4 is 11.7 Å². The first kappa shape index (κ1) is 11.2. The summed E-state index contributed by atoms with van der Waals surface area (Å²) in [5, 5.41) is 8.98. The van der Waals surface area contributed by atoms with Crippen LogP contribution < -0.4 is 4.90 Å². The molecule has 0 radical (unpaired) electrons. The second-order valence-electron chi connectivity index (χ2n) is 3.87. The van der Waals surface area contributed by atoms with Crippen molar-refractivity contribution in [3.8, 4) is 11.3 Å². The van der Waals surface area contributed by atoms with Crippen molar-refractivity contribution in [3.63, 3.8) is 0 Å². The molecule has 0 atom stereocenters. The number of anilines is 1. The van der Waals surface area contributed by atoms with E-state index in [2.05, 4.69) is 9.97 Å². The summed E-state index contributed by atoms with van der Waals surface area (Å²) in [5.41, 5.74) is 2.42. The fraction of sp³-hybridized carbons (Fsp3) is 0.167. The SMILES string of the molecule is CN(C)c1ccc(-c2nc[nH]c2C(=O)O)cc1. The molecule has 0 saturated carbocycles. The molecule has 0 amide bonds. The molecule has 5 heteroatoms. The third kappa shape index (κ3) is 2.13. The number of nitrogens with one attached hydrogen (secondary N) is 1. The normalized spacial score (nSPS) is 10.2. The Hall–Kier alpha value is -2.30. The summed E-state index contributed by atoms with van der Waals surface area (Å²) in [6, 6.07) is 7.57. The molecule has 1 heterocycles. The van der Waals surface area contributed by atoms with Crippen LogP contribution in [0.3, 0.4) is 0 Å². The van der Waals surface area contributed by atoms with Crippen molar-refractivity contribution in [1.29, 1.82) is 0 Å². The minimum atomic E-state index is -1.01. The zero-order valence-electron chi connectivity index (χ0n) is 9.64. The molecule has 0 spiro atoms. The first-order chi connectivity index (χ1) is 8.09. The van der Waals surface area contributed by atoms with E-state index >= 15 is 0 Å². The van der Waals surface area contributed by atoms with Gasteiger partial charge in [-0.1, -0.05) is 12.1 Å². The summed E-state index contributed by atoms with van der Waals surface area (Å²) in [6.45, 7) is 0. The highest BCUT2D eigenvalue weighted by Crippen LogP contribution is 2.23. The molecule has 2 rings (SSSR count). The molecular formula is C12H13N3O2. The maximum absolute atomic E-state index is 11.0. The number of imidazole rings is 1. The van der Waals surface area contributed by atoms with Gasteiger partial charge in [0.05, 0.1) is 6.33 Å². The summed E-state index contributed by atoms with van der Waals surface area (Å²) >= 11 is 0. The van der Waals surface area contributed by atoms with Crippen LogP contribution in [0.25, 0.3) is 11.3 Å². The van der Waals surface area contributed by atoms with Crippen LogP contribution in [0.2, 0.25) is 0 Å². The topological polar surface area (TPSA) is 69.2 Å². The number of benzene rings is 1. The Balaban J connectivity index is 2.40. The monoisotopic (exact) mass is 231 g/mol. The van der Waals surface area contributed by atoms with Gasteiger partial charge in [-0.3, -0.25) is 0 Å². The Kier molecular flexibility index (Phi) is 2.82. The summed E-state index contributed by atoms with van der Waals surface area (Å²) in [5.74, 6) is -1.01. The van der Waals surface area contributed by atoms with Crippen molar-refractivity contribution in [2.24, 2.45) is 0 Å². The van der Waals surface area contributed by atoms with Gasteiger partial charge in [-0.25, -0.2) is 9.78 Å². The van der Waals surface area contributed by atoms with Crippen molar-refractivity contribution in [2.75, 3.05) is 19.0 Å². The van der Waals surface area contributed by atoms with Gasteiger partial charge in [-0.15, -0.1) is 0 Å². The van der Waals surface area contributed by atoms with E-state index in [9.17, 15) is 4.79 Å². The molecule has 0 aliphatic carbocycles. The molecule has 5 nitrogen and oxygen atoms in total. The zero-order valence-corrected chi connectivity index (χ0v) is 9.64. The van der Waals surface area contributed by atoms with Gasteiger partial charge in [0.2, 0.25) is 0 Å². The van der Waals surface area contributed by atoms with Crippen LogP contribution in [-0.4, -0.2) is 35.1 Å². The number of carbonyl (C=O) groups is 1. The lowest BCUT2D eigenvalue weighted by molar-refractivity contribution is 0.0692. The third-order valence-corrected chi connectivity index (χ3v) is 2.51. The Morgan fingerprint density at radius 1 is 1.29 bits per heavy atom. The molecule has 1 aromatic carbocycles. The molecule has 1 aromatic heterocycles. The average Bonchev–Trinajstić information content (AvgIpc) is 2.78. The smallest absolute Gasteiger partial charge is 0.354 e.